The Bertz CT molecular complexity index is 358. The zero-order valence-corrected chi connectivity index (χ0v) is 11.7. The largest absolute Gasteiger partial charge is 0.475 e. The molecular formula is C13H23N3O2. The Morgan fingerprint density at radius 3 is 2.67 bits per heavy atom. The summed E-state index contributed by atoms with van der Waals surface area (Å²) >= 11 is 0. The topological polar surface area (TPSA) is 56.3 Å². The molecule has 0 aliphatic carbocycles. The number of hydrogen-bond donors (Lipinski definition) is 1. The van der Waals surface area contributed by atoms with E-state index < -0.39 is 0 Å². The van der Waals surface area contributed by atoms with Crippen LogP contribution in [0, 0.1) is 0 Å². The molecule has 1 rings (SSSR count). The molecule has 5 heteroatoms. The molecule has 1 aromatic heterocycles. The molecule has 102 valence electrons. The van der Waals surface area contributed by atoms with Gasteiger partial charge in [-0.2, -0.15) is 4.98 Å². The second kappa shape index (κ2) is 7.87. The van der Waals surface area contributed by atoms with Crippen LogP contribution in [0.2, 0.25) is 0 Å². The van der Waals surface area contributed by atoms with Crippen LogP contribution in [0.4, 0.5) is 5.82 Å². The van der Waals surface area contributed by atoms with Gasteiger partial charge in [0.15, 0.2) is 5.82 Å². The minimum Gasteiger partial charge on any atom is -0.475 e. The van der Waals surface area contributed by atoms with Gasteiger partial charge in [0.1, 0.15) is 12.4 Å². The summed E-state index contributed by atoms with van der Waals surface area (Å²) in [4.78, 5) is 8.71. The molecular weight excluding hydrogens is 230 g/mol. The molecule has 18 heavy (non-hydrogen) atoms. The zero-order valence-electron chi connectivity index (χ0n) is 11.7. The Balaban J connectivity index is 2.83. The maximum absolute atomic E-state index is 5.72. The summed E-state index contributed by atoms with van der Waals surface area (Å²) in [6.45, 7) is 9.95. The molecule has 0 spiro atoms. The first kappa shape index (κ1) is 14.7. The van der Waals surface area contributed by atoms with Crippen molar-refractivity contribution in [1.82, 2.24) is 9.97 Å². The quantitative estimate of drug-likeness (QED) is 0.771. The lowest BCUT2D eigenvalue weighted by Gasteiger charge is -2.14. The van der Waals surface area contributed by atoms with Crippen molar-refractivity contribution in [2.75, 3.05) is 18.5 Å². The van der Waals surface area contributed by atoms with E-state index in [0.717, 1.165) is 18.8 Å². The molecule has 0 saturated carbocycles. The van der Waals surface area contributed by atoms with E-state index in [4.69, 9.17) is 9.47 Å². The number of anilines is 1. The van der Waals surface area contributed by atoms with Crippen LogP contribution >= 0.6 is 0 Å². The van der Waals surface area contributed by atoms with Crippen LogP contribution < -0.4 is 10.1 Å². The van der Waals surface area contributed by atoms with Gasteiger partial charge in [0.05, 0.1) is 6.10 Å². The van der Waals surface area contributed by atoms with Crippen LogP contribution in [0.25, 0.3) is 0 Å². The first-order chi connectivity index (χ1) is 8.69. The van der Waals surface area contributed by atoms with Gasteiger partial charge in [0, 0.05) is 19.2 Å². The number of nitrogens with one attached hydrogen (secondary N) is 1. The molecule has 1 unspecified atom stereocenters. The van der Waals surface area contributed by atoms with E-state index in [1.165, 1.54) is 0 Å². The molecule has 0 amide bonds. The number of rotatable bonds is 8. The van der Waals surface area contributed by atoms with Gasteiger partial charge in [0.25, 0.3) is 0 Å². The predicted molar refractivity (Wildman–Crippen MR) is 71.9 cm³/mol. The van der Waals surface area contributed by atoms with Crippen LogP contribution in [0.3, 0.4) is 0 Å². The SMILES string of the molecule is CCNc1cc(OC(C)CC)nc(COCC)n1. The summed E-state index contributed by atoms with van der Waals surface area (Å²) in [5, 5.41) is 3.17. The highest BCUT2D eigenvalue weighted by Gasteiger charge is 2.08. The van der Waals surface area contributed by atoms with Gasteiger partial charge in [-0.05, 0) is 27.2 Å². The molecule has 5 nitrogen and oxygen atoms in total. The maximum atomic E-state index is 5.72. The van der Waals surface area contributed by atoms with Gasteiger partial charge in [-0.15, -0.1) is 0 Å². The Morgan fingerprint density at radius 1 is 1.28 bits per heavy atom. The third kappa shape index (κ3) is 4.87. The van der Waals surface area contributed by atoms with Gasteiger partial charge in [-0.3, -0.25) is 0 Å². The normalized spacial score (nSPS) is 12.2. The standard InChI is InChI=1S/C13H23N3O2/c1-5-10(4)18-13-8-11(14-6-2)15-12(16-13)9-17-7-3/h8,10H,5-7,9H2,1-4H3,(H,14,15,16). The second-order valence-corrected chi connectivity index (χ2v) is 4.01. The molecule has 1 atom stereocenters. The minimum absolute atomic E-state index is 0.148. The number of hydrogen-bond acceptors (Lipinski definition) is 5. The lowest BCUT2D eigenvalue weighted by molar-refractivity contribution is 0.126. The highest BCUT2D eigenvalue weighted by atomic mass is 16.5. The molecule has 0 bridgehead atoms. The molecule has 1 aromatic rings. The van der Waals surface area contributed by atoms with Crippen molar-refractivity contribution in [3.63, 3.8) is 0 Å². The maximum Gasteiger partial charge on any atom is 0.219 e. The Hall–Kier alpha value is -1.36. The van der Waals surface area contributed by atoms with Gasteiger partial charge in [-0.1, -0.05) is 6.92 Å². The van der Waals surface area contributed by atoms with Crippen molar-refractivity contribution in [2.45, 2.75) is 46.8 Å². The van der Waals surface area contributed by atoms with Crippen molar-refractivity contribution < 1.29 is 9.47 Å². The fraction of sp³-hybridized carbons (Fsp3) is 0.692. The zero-order chi connectivity index (χ0) is 13.4. The molecule has 0 saturated heterocycles. The van der Waals surface area contributed by atoms with Gasteiger partial charge >= 0.3 is 0 Å². The highest BCUT2D eigenvalue weighted by molar-refractivity contribution is 5.38. The monoisotopic (exact) mass is 253 g/mol. The Labute approximate surface area is 109 Å². The van der Waals surface area contributed by atoms with E-state index >= 15 is 0 Å². The molecule has 0 aliphatic rings. The Kier molecular flexibility index (Phi) is 6.43. The van der Waals surface area contributed by atoms with Crippen LogP contribution in [-0.2, 0) is 11.3 Å². The number of nitrogens with zero attached hydrogens (tertiary/aromatic N) is 2. The van der Waals surface area contributed by atoms with Crippen LogP contribution in [0.15, 0.2) is 6.07 Å². The molecule has 1 N–H and O–H groups in total. The first-order valence-electron chi connectivity index (χ1n) is 6.55. The van der Waals surface area contributed by atoms with Crippen molar-refractivity contribution in [2.24, 2.45) is 0 Å². The lowest BCUT2D eigenvalue weighted by Crippen LogP contribution is -2.13. The molecule has 1 heterocycles. The lowest BCUT2D eigenvalue weighted by atomic mass is 10.3. The summed E-state index contributed by atoms with van der Waals surface area (Å²) in [6, 6.07) is 1.82. The van der Waals surface area contributed by atoms with E-state index in [-0.39, 0.29) is 6.10 Å². The summed E-state index contributed by atoms with van der Waals surface area (Å²) in [5.74, 6) is 2.03. The average Bonchev–Trinajstić information content (AvgIpc) is 2.36. The predicted octanol–water partition coefficient (Wildman–Crippen LogP) is 2.62. The fourth-order valence-electron chi connectivity index (χ4n) is 1.35. The highest BCUT2D eigenvalue weighted by Crippen LogP contribution is 2.16. The Morgan fingerprint density at radius 2 is 2.06 bits per heavy atom. The van der Waals surface area contributed by atoms with Crippen LogP contribution in [0.5, 0.6) is 5.88 Å². The van der Waals surface area contributed by atoms with E-state index in [9.17, 15) is 0 Å². The third-order valence-electron chi connectivity index (χ3n) is 2.44. The fourth-order valence-corrected chi connectivity index (χ4v) is 1.35. The van der Waals surface area contributed by atoms with Crippen molar-refractivity contribution >= 4 is 5.82 Å². The number of ether oxygens (including phenoxy) is 2. The molecule has 0 aliphatic heterocycles. The summed E-state index contributed by atoms with van der Waals surface area (Å²) in [5.41, 5.74) is 0. The van der Waals surface area contributed by atoms with Crippen molar-refractivity contribution in [1.29, 1.82) is 0 Å². The van der Waals surface area contributed by atoms with E-state index in [2.05, 4.69) is 22.2 Å². The first-order valence-corrected chi connectivity index (χ1v) is 6.55. The summed E-state index contributed by atoms with van der Waals surface area (Å²) in [7, 11) is 0. The van der Waals surface area contributed by atoms with Gasteiger partial charge < -0.3 is 14.8 Å². The van der Waals surface area contributed by atoms with Gasteiger partial charge in [0.2, 0.25) is 5.88 Å². The van der Waals surface area contributed by atoms with Crippen LogP contribution in [0.1, 0.15) is 39.9 Å². The molecule has 0 aromatic carbocycles. The molecule has 0 fully saturated rings. The smallest absolute Gasteiger partial charge is 0.219 e. The summed E-state index contributed by atoms with van der Waals surface area (Å²) in [6.07, 6.45) is 1.09. The van der Waals surface area contributed by atoms with Crippen molar-refractivity contribution in [3.05, 3.63) is 11.9 Å². The number of aromatic nitrogens is 2. The third-order valence-corrected chi connectivity index (χ3v) is 2.44. The average molecular weight is 253 g/mol. The summed E-state index contributed by atoms with van der Waals surface area (Å²) < 4.78 is 11.1. The van der Waals surface area contributed by atoms with Gasteiger partial charge in [-0.25, -0.2) is 4.98 Å². The van der Waals surface area contributed by atoms with E-state index in [0.29, 0.717) is 24.9 Å². The molecule has 0 radical (unpaired) electrons. The van der Waals surface area contributed by atoms with Crippen molar-refractivity contribution in [3.8, 4) is 5.88 Å². The second-order valence-electron chi connectivity index (χ2n) is 4.01. The van der Waals surface area contributed by atoms with E-state index in [1.807, 2.05) is 26.8 Å². The van der Waals surface area contributed by atoms with Crippen LogP contribution in [-0.4, -0.2) is 29.2 Å². The van der Waals surface area contributed by atoms with E-state index in [1.54, 1.807) is 0 Å². The minimum atomic E-state index is 0.148.